The SMILES string of the molecule is O=CCNN[C@H](C=O)Cc1cnc[nH]1. The molecule has 0 saturated carbocycles. The van der Waals surface area contributed by atoms with Gasteiger partial charge in [0.2, 0.25) is 0 Å². The van der Waals surface area contributed by atoms with Gasteiger partial charge in [-0.25, -0.2) is 10.4 Å². The maximum atomic E-state index is 10.6. The molecular weight excluding hydrogens is 184 g/mol. The number of aldehydes is 2. The summed E-state index contributed by atoms with van der Waals surface area (Å²) in [7, 11) is 0. The zero-order valence-corrected chi connectivity index (χ0v) is 7.56. The zero-order valence-electron chi connectivity index (χ0n) is 7.56. The highest BCUT2D eigenvalue weighted by atomic mass is 16.1. The third-order valence-corrected chi connectivity index (χ3v) is 1.63. The number of carbonyl (C=O) groups is 2. The quantitative estimate of drug-likeness (QED) is 0.290. The molecule has 0 unspecified atom stereocenters. The molecule has 0 fully saturated rings. The van der Waals surface area contributed by atoms with Crippen LogP contribution in [0.1, 0.15) is 5.69 Å². The van der Waals surface area contributed by atoms with E-state index in [0.717, 1.165) is 12.0 Å². The molecule has 0 aromatic carbocycles. The fourth-order valence-corrected chi connectivity index (χ4v) is 0.998. The van der Waals surface area contributed by atoms with Gasteiger partial charge in [-0.3, -0.25) is 5.43 Å². The van der Waals surface area contributed by atoms with E-state index in [1.54, 1.807) is 12.5 Å². The van der Waals surface area contributed by atoms with Gasteiger partial charge in [0.25, 0.3) is 0 Å². The fourth-order valence-electron chi connectivity index (χ4n) is 0.998. The molecule has 14 heavy (non-hydrogen) atoms. The minimum atomic E-state index is -0.365. The number of hydrogen-bond acceptors (Lipinski definition) is 5. The number of carbonyl (C=O) groups excluding carboxylic acids is 2. The summed E-state index contributed by atoms with van der Waals surface area (Å²) in [4.78, 5) is 27.3. The smallest absolute Gasteiger partial charge is 0.138 e. The molecule has 0 aliphatic heterocycles. The van der Waals surface area contributed by atoms with E-state index in [4.69, 9.17) is 0 Å². The van der Waals surface area contributed by atoms with Crippen molar-refractivity contribution in [2.24, 2.45) is 0 Å². The van der Waals surface area contributed by atoms with E-state index in [1.807, 2.05) is 0 Å². The lowest BCUT2D eigenvalue weighted by molar-refractivity contribution is -0.110. The first-order chi connectivity index (χ1) is 6.86. The van der Waals surface area contributed by atoms with Crippen molar-refractivity contribution in [1.29, 1.82) is 0 Å². The van der Waals surface area contributed by atoms with Crippen LogP contribution < -0.4 is 10.9 Å². The Kier molecular flexibility index (Phi) is 4.53. The van der Waals surface area contributed by atoms with Gasteiger partial charge in [0.1, 0.15) is 12.6 Å². The van der Waals surface area contributed by atoms with Crippen molar-refractivity contribution in [3.8, 4) is 0 Å². The summed E-state index contributed by atoms with van der Waals surface area (Å²) in [5, 5.41) is 0. The summed E-state index contributed by atoms with van der Waals surface area (Å²) in [6.07, 6.45) is 5.20. The molecule has 6 heteroatoms. The van der Waals surface area contributed by atoms with Gasteiger partial charge in [-0.1, -0.05) is 0 Å². The number of H-pyrrole nitrogens is 1. The molecule has 1 heterocycles. The molecule has 1 rings (SSSR count). The minimum Gasteiger partial charge on any atom is -0.348 e. The topological polar surface area (TPSA) is 86.9 Å². The van der Waals surface area contributed by atoms with Crippen LogP contribution in [0.3, 0.4) is 0 Å². The summed E-state index contributed by atoms with van der Waals surface area (Å²) in [6, 6.07) is -0.365. The molecule has 1 atom stereocenters. The molecule has 0 saturated heterocycles. The molecule has 1 aromatic rings. The Balaban J connectivity index is 2.31. The van der Waals surface area contributed by atoms with Crippen LogP contribution in [0, 0.1) is 0 Å². The maximum Gasteiger partial charge on any atom is 0.138 e. The van der Waals surface area contributed by atoms with Crippen molar-refractivity contribution in [2.75, 3.05) is 6.54 Å². The second-order valence-electron chi connectivity index (χ2n) is 2.72. The second kappa shape index (κ2) is 6.01. The van der Waals surface area contributed by atoms with Gasteiger partial charge in [-0.15, -0.1) is 0 Å². The van der Waals surface area contributed by atoms with E-state index >= 15 is 0 Å². The standard InChI is InChI=1S/C8H12N4O2/c13-2-1-11-12-8(5-14)3-7-4-9-6-10-7/h2,4-6,8,11-12H,1,3H2,(H,9,10)/t8-/m0/s1. The predicted octanol–water partition coefficient (Wildman–Crippen LogP) is -1.19. The third kappa shape index (κ3) is 3.46. The number of aromatic amines is 1. The minimum absolute atomic E-state index is 0.174. The molecule has 1 aromatic heterocycles. The summed E-state index contributed by atoms with van der Waals surface area (Å²) in [5.41, 5.74) is 6.19. The number of hydrogen-bond donors (Lipinski definition) is 3. The number of aromatic nitrogens is 2. The summed E-state index contributed by atoms with van der Waals surface area (Å²) in [6.45, 7) is 0.174. The lowest BCUT2D eigenvalue weighted by Crippen LogP contribution is -2.43. The molecule has 3 N–H and O–H groups in total. The average Bonchev–Trinajstić information content (AvgIpc) is 2.69. The van der Waals surface area contributed by atoms with Gasteiger partial charge in [0.15, 0.2) is 0 Å². The van der Waals surface area contributed by atoms with Crippen molar-refractivity contribution < 1.29 is 9.59 Å². The Labute approximate surface area is 81.1 Å². The first-order valence-electron chi connectivity index (χ1n) is 4.21. The van der Waals surface area contributed by atoms with E-state index < -0.39 is 0 Å². The Morgan fingerprint density at radius 2 is 2.43 bits per heavy atom. The molecule has 0 amide bonds. The van der Waals surface area contributed by atoms with E-state index in [9.17, 15) is 9.59 Å². The largest absolute Gasteiger partial charge is 0.348 e. The Morgan fingerprint density at radius 3 is 3.00 bits per heavy atom. The van der Waals surface area contributed by atoms with Gasteiger partial charge in [0.05, 0.1) is 18.9 Å². The van der Waals surface area contributed by atoms with Crippen LogP contribution >= 0.6 is 0 Å². The number of nitrogens with one attached hydrogen (secondary N) is 3. The summed E-state index contributed by atoms with van der Waals surface area (Å²) >= 11 is 0. The zero-order chi connectivity index (χ0) is 10.2. The number of imidazole rings is 1. The average molecular weight is 196 g/mol. The number of hydrazine groups is 1. The molecule has 76 valence electrons. The maximum absolute atomic E-state index is 10.6. The predicted molar refractivity (Wildman–Crippen MR) is 49.3 cm³/mol. The van der Waals surface area contributed by atoms with Crippen molar-refractivity contribution in [1.82, 2.24) is 20.8 Å². The van der Waals surface area contributed by atoms with Crippen LogP contribution in [-0.4, -0.2) is 35.1 Å². The fraction of sp³-hybridized carbons (Fsp3) is 0.375. The van der Waals surface area contributed by atoms with Gasteiger partial charge in [-0.05, 0) is 0 Å². The molecular formula is C8H12N4O2. The normalized spacial score (nSPS) is 12.3. The second-order valence-corrected chi connectivity index (χ2v) is 2.72. The van der Waals surface area contributed by atoms with E-state index in [0.29, 0.717) is 12.7 Å². The van der Waals surface area contributed by atoms with Gasteiger partial charge < -0.3 is 14.6 Å². The number of nitrogens with zero attached hydrogens (tertiary/aromatic N) is 1. The summed E-state index contributed by atoms with van der Waals surface area (Å²) in [5.74, 6) is 0. The Bertz CT molecular complexity index is 273. The van der Waals surface area contributed by atoms with Crippen LogP contribution in [0.2, 0.25) is 0 Å². The van der Waals surface area contributed by atoms with Gasteiger partial charge in [-0.2, -0.15) is 0 Å². The van der Waals surface area contributed by atoms with Crippen molar-refractivity contribution in [3.05, 3.63) is 18.2 Å². The van der Waals surface area contributed by atoms with E-state index in [1.165, 1.54) is 0 Å². The van der Waals surface area contributed by atoms with E-state index in [-0.39, 0.29) is 12.6 Å². The van der Waals surface area contributed by atoms with Crippen LogP contribution in [0.15, 0.2) is 12.5 Å². The lowest BCUT2D eigenvalue weighted by atomic mass is 10.2. The molecule has 0 spiro atoms. The summed E-state index contributed by atoms with van der Waals surface area (Å²) < 4.78 is 0. The van der Waals surface area contributed by atoms with Crippen LogP contribution in [-0.2, 0) is 16.0 Å². The highest BCUT2D eigenvalue weighted by Gasteiger charge is 2.07. The van der Waals surface area contributed by atoms with Crippen molar-refractivity contribution in [2.45, 2.75) is 12.5 Å². The van der Waals surface area contributed by atoms with Crippen molar-refractivity contribution in [3.63, 3.8) is 0 Å². The van der Waals surface area contributed by atoms with E-state index in [2.05, 4.69) is 20.8 Å². The first kappa shape index (κ1) is 10.6. The molecule has 6 nitrogen and oxygen atoms in total. The lowest BCUT2D eigenvalue weighted by Gasteiger charge is -2.10. The first-order valence-corrected chi connectivity index (χ1v) is 4.21. The van der Waals surface area contributed by atoms with Gasteiger partial charge in [0, 0.05) is 18.3 Å². The molecule has 0 aliphatic carbocycles. The van der Waals surface area contributed by atoms with Crippen LogP contribution in [0.25, 0.3) is 0 Å². The third-order valence-electron chi connectivity index (χ3n) is 1.63. The monoisotopic (exact) mass is 196 g/mol. The molecule has 0 aliphatic rings. The molecule has 0 radical (unpaired) electrons. The van der Waals surface area contributed by atoms with Gasteiger partial charge >= 0.3 is 0 Å². The van der Waals surface area contributed by atoms with Crippen molar-refractivity contribution >= 4 is 12.6 Å². The Hall–Kier alpha value is -1.53. The van der Waals surface area contributed by atoms with Crippen LogP contribution in [0.5, 0.6) is 0 Å². The molecule has 0 bridgehead atoms. The highest BCUT2D eigenvalue weighted by Crippen LogP contribution is 1.95. The van der Waals surface area contributed by atoms with Crippen LogP contribution in [0.4, 0.5) is 0 Å². The highest BCUT2D eigenvalue weighted by molar-refractivity contribution is 5.58. The Morgan fingerprint density at radius 1 is 1.57 bits per heavy atom. The number of rotatable bonds is 7.